The Morgan fingerprint density at radius 3 is 2.64 bits per heavy atom. The zero-order valence-electron chi connectivity index (χ0n) is 5.91. The molecule has 2 nitrogen and oxygen atoms in total. The first-order valence-electron chi connectivity index (χ1n) is 3.02. The largest absolute Gasteiger partial charge is 0.389 e. The molecular formula is C7H7ClO2S. The van der Waals surface area contributed by atoms with Gasteiger partial charge in [0.15, 0.2) is 0 Å². The molecule has 0 saturated heterocycles. The summed E-state index contributed by atoms with van der Waals surface area (Å²) in [6.07, 6.45) is 0. The van der Waals surface area contributed by atoms with Gasteiger partial charge in [-0.2, -0.15) is 4.21 Å². The van der Waals surface area contributed by atoms with Crippen molar-refractivity contribution in [3.8, 4) is 5.75 Å². The van der Waals surface area contributed by atoms with E-state index in [2.05, 4.69) is 0 Å². The third kappa shape index (κ3) is 2.52. The van der Waals surface area contributed by atoms with Gasteiger partial charge in [-0.25, -0.2) is 0 Å². The van der Waals surface area contributed by atoms with Crippen molar-refractivity contribution >= 4 is 21.0 Å². The lowest BCUT2D eigenvalue weighted by molar-refractivity contribution is 0.573. The third-order valence-electron chi connectivity index (χ3n) is 1.25. The number of halogens is 1. The van der Waals surface area contributed by atoms with Crippen molar-refractivity contribution < 1.29 is 8.39 Å². The molecule has 0 spiro atoms. The van der Waals surface area contributed by atoms with E-state index in [1.807, 2.05) is 19.1 Å². The highest BCUT2D eigenvalue weighted by molar-refractivity contribution is 8.04. The Morgan fingerprint density at radius 2 is 2.09 bits per heavy atom. The normalized spacial score (nSPS) is 12.5. The number of hydrogen-bond donors (Lipinski definition) is 0. The van der Waals surface area contributed by atoms with Crippen molar-refractivity contribution in [1.29, 1.82) is 0 Å². The van der Waals surface area contributed by atoms with Crippen LogP contribution in [0.3, 0.4) is 0 Å². The lowest BCUT2D eigenvalue weighted by Gasteiger charge is -2.01. The van der Waals surface area contributed by atoms with Crippen molar-refractivity contribution in [2.24, 2.45) is 0 Å². The highest BCUT2D eigenvalue weighted by atomic mass is 35.7. The minimum Gasteiger partial charge on any atom is -0.389 e. The van der Waals surface area contributed by atoms with E-state index in [0.29, 0.717) is 5.75 Å². The van der Waals surface area contributed by atoms with Crippen LogP contribution < -0.4 is 4.18 Å². The average molecular weight is 191 g/mol. The Labute approximate surface area is 72.3 Å². The second kappa shape index (κ2) is 3.74. The number of para-hydroxylation sites is 1. The molecule has 0 aliphatic heterocycles. The standard InChI is InChI=1S/C7H7ClO2S/c1-6-4-2-3-5-7(6)10-11(8)9/h2-5H,1H3. The Morgan fingerprint density at radius 1 is 1.45 bits per heavy atom. The molecule has 0 saturated carbocycles. The maximum atomic E-state index is 10.4. The molecule has 0 radical (unpaired) electrons. The summed E-state index contributed by atoms with van der Waals surface area (Å²) >= 11 is 0. The molecule has 0 heterocycles. The van der Waals surface area contributed by atoms with Gasteiger partial charge in [0, 0.05) is 10.7 Å². The van der Waals surface area contributed by atoms with E-state index in [9.17, 15) is 4.21 Å². The fraction of sp³-hybridized carbons (Fsp3) is 0.143. The molecule has 1 rings (SSSR count). The van der Waals surface area contributed by atoms with Crippen molar-refractivity contribution in [2.75, 3.05) is 0 Å². The molecule has 0 amide bonds. The first-order valence-corrected chi connectivity index (χ1v) is 4.92. The van der Waals surface area contributed by atoms with Crippen LogP contribution in [-0.4, -0.2) is 4.21 Å². The third-order valence-corrected chi connectivity index (χ3v) is 1.75. The summed E-state index contributed by atoms with van der Waals surface area (Å²) in [5.41, 5.74) is 0.918. The second-order valence-electron chi connectivity index (χ2n) is 2.04. The predicted octanol–water partition coefficient (Wildman–Crippen LogP) is 2.19. The van der Waals surface area contributed by atoms with E-state index in [-0.39, 0.29) is 0 Å². The molecule has 0 fully saturated rings. The summed E-state index contributed by atoms with van der Waals surface area (Å²) in [6, 6.07) is 7.25. The van der Waals surface area contributed by atoms with Crippen LogP contribution in [0.5, 0.6) is 5.75 Å². The zero-order valence-corrected chi connectivity index (χ0v) is 7.48. The van der Waals surface area contributed by atoms with Gasteiger partial charge in [0.05, 0.1) is 0 Å². The van der Waals surface area contributed by atoms with Crippen LogP contribution in [0.4, 0.5) is 0 Å². The van der Waals surface area contributed by atoms with Gasteiger partial charge in [0.2, 0.25) is 0 Å². The molecule has 0 bridgehead atoms. The molecule has 1 aromatic carbocycles. The second-order valence-corrected chi connectivity index (χ2v) is 3.35. The maximum Gasteiger partial charge on any atom is 0.308 e. The summed E-state index contributed by atoms with van der Waals surface area (Å²) in [5.74, 6) is 0.556. The summed E-state index contributed by atoms with van der Waals surface area (Å²) in [4.78, 5) is 0. The summed E-state index contributed by atoms with van der Waals surface area (Å²) < 4.78 is 15.2. The molecule has 0 N–H and O–H groups in total. The Kier molecular flexibility index (Phi) is 2.91. The lowest BCUT2D eigenvalue weighted by atomic mass is 10.2. The quantitative estimate of drug-likeness (QED) is 0.669. The van der Waals surface area contributed by atoms with Crippen molar-refractivity contribution in [3.63, 3.8) is 0 Å². The minimum atomic E-state index is -1.75. The van der Waals surface area contributed by atoms with Crippen LogP contribution in [0.1, 0.15) is 5.56 Å². The molecule has 1 aromatic rings. The molecule has 0 aromatic heterocycles. The summed E-state index contributed by atoms with van der Waals surface area (Å²) in [7, 11) is 3.38. The number of benzene rings is 1. The van der Waals surface area contributed by atoms with Crippen LogP contribution in [0, 0.1) is 6.92 Å². The molecule has 4 heteroatoms. The van der Waals surface area contributed by atoms with Crippen LogP contribution >= 0.6 is 10.7 Å². The summed E-state index contributed by atoms with van der Waals surface area (Å²) in [5, 5.41) is 0. The van der Waals surface area contributed by atoms with Crippen molar-refractivity contribution in [3.05, 3.63) is 29.8 Å². The van der Waals surface area contributed by atoms with Crippen molar-refractivity contribution in [1.82, 2.24) is 0 Å². The fourth-order valence-electron chi connectivity index (χ4n) is 0.721. The zero-order chi connectivity index (χ0) is 8.27. The average Bonchev–Trinajstić information content (AvgIpc) is 1.93. The first-order chi connectivity index (χ1) is 5.20. The smallest absolute Gasteiger partial charge is 0.308 e. The van der Waals surface area contributed by atoms with Crippen molar-refractivity contribution in [2.45, 2.75) is 6.92 Å². The van der Waals surface area contributed by atoms with Crippen LogP contribution in [0.2, 0.25) is 0 Å². The number of rotatable bonds is 2. The van der Waals surface area contributed by atoms with Gasteiger partial charge in [0.25, 0.3) is 0 Å². The molecular weight excluding hydrogens is 184 g/mol. The molecule has 1 unspecified atom stereocenters. The Hall–Kier alpha value is -0.540. The monoisotopic (exact) mass is 190 g/mol. The molecule has 0 aliphatic carbocycles. The van der Waals surface area contributed by atoms with Gasteiger partial charge in [-0.1, -0.05) is 18.2 Å². The molecule has 11 heavy (non-hydrogen) atoms. The Balaban J connectivity index is 2.86. The van der Waals surface area contributed by atoms with E-state index in [1.165, 1.54) is 0 Å². The van der Waals surface area contributed by atoms with E-state index in [1.54, 1.807) is 12.1 Å². The van der Waals surface area contributed by atoms with E-state index < -0.39 is 10.3 Å². The SMILES string of the molecule is Cc1ccccc1OS(=O)Cl. The van der Waals surface area contributed by atoms with E-state index in [0.717, 1.165) is 5.56 Å². The number of aryl methyl sites for hydroxylation is 1. The fourth-order valence-corrected chi connectivity index (χ4v) is 1.25. The molecule has 0 aliphatic rings. The minimum absolute atomic E-state index is 0.556. The van der Waals surface area contributed by atoms with Gasteiger partial charge < -0.3 is 4.18 Å². The van der Waals surface area contributed by atoms with E-state index >= 15 is 0 Å². The first kappa shape index (κ1) is 8.56. The van der Waals surface area contributed by atoms with Gasteiger partial charge in [-0.05, 0) is 18.6 Å². The van der Waals surface area contributed by atoms with Crippen LogP contribution in [-0.2, 0) is 10.3 Å². The molecule has 60 valence electrons. The Bertz CT molecular complexity index is 275. The maximum absolute atomic E-state index is 10.4. The predicted molar refractivity (Wildman–Crippen MR) is 45.8 cm³/mol. The lowest BCUT2D eigenvalue weighted by Crippen LogP contribution is -1.92. The van der Waals surface area contributed by atoms with Crippen LogP contribution in [0.15, 0.2) is 24.3 Å². The van der Waals surface area contributed by atoms with Gasteiger partial charge in [-0.15, -0.1) is 0 Å². The van der Waals surface area contributed by atoms with Gasteiger partial charge >= 0.3 is 10.3 Å². The topological polar surface area (TPSA) is 26.3 Å². The van der Waals surface area contributed by atoms with Gasteiger partial charge in [-0.3, -0.25) is 0 Å². The highest BCUT2D eigenvalue weighted by Crippen LogP contribution is 2.17. The summed E-state index contributed by atoms with van der Waals surface area (Å²) in [6.45, 7) is 1.86. The highest BCUT2D eigenvalue weighted by Gasteiger charge is 1.99. The number of hydrogen-bond acceptors (Lipinski definition) is 2. The molecule has 1 atom stereocenters. The van der Waals surface area contributed by atoms with E-state index in [4.69, 9.17) is 14.9 Å². The van der Waals surface area contributed by atoms with Gasteiger partial charge in [0.1, 0.15) is 5.75 Å². The van der Waals surface area contributed by atoms with Crippen LogP contribution in [0.25, 0.3) is 0 Å².